The highest BCUT2D eigenvalue weighted by molar-refractivity contribution is 5.37. The number of hydrogen-bond donors (Lipinski definition) is 1. The van der Waals surface area contributed by atoms with Crippen LogP contribution in [0.15, 0.2) is 12.4 Å². The van der Waals surface area contributed by atoms with Gasteiger partial charge in [-0.1, -0.05) is 19.8 Å². The van der Waals surface area contributed by atoms with Crippen LogP contribution in [0.4, 0.5) is 5.82 Å². The molecule has 2 atom stereocenters. The lowest BCUT2D eigenvalue weighted by atomic mass is 9.82. The van der Waals surface area contributed by atoms with Crippen LogP contribution in [0.1, 0.15) is 39.5 Å². The van der Waals surface area contributed by atoms with Gasteiger partial charge in [0.2, 0.25) is 5.88 Å². The molecule has 18 heavy (non-hydrogen) atoms. The summed E-state index contributed by atoms with van der Waals surface area (Å²) < 4.78 is 5.36. The van der Waals surface area contributed by atoms with Gasteiger partial charge in [0.25, 0.3) is 0 Å². The Hall–Kier alpha value is -1.32. The van der Waals surface area contributed by atoms with E-state index in [1.54, 1.807) is 6.33 Å². The zero-order chi connectivity index (χ0) is 12.8. The molecule has 2 rings (SSSR count). The summed E-state index contributed by atoms with van der Waals surface area (Å²) in [5, 5.41) is 3.40. The van der Waals surface area contributed by atoms with E-state index in [2.05, 4.69) is 22.2 Å². The van der Waals surface area contributed by atoms with Crippen LogP contribution in [0.5, 0.6) is 5.88 Å². The Labute approximate surface area is 109 Å². The lowest BCUT2D eigenvalue weighted by molar-refractivity contribution is 0.293. The first-order valence-electron chi connectivity index (χ1n) is 6.96. The standard InChI is InChI=1S/C14H23N3O/c1-3-18-14-8-13(16-10-17-14)15-9-12-6-4-5-11(2)7-12/h8,10-12H,3-7,9H2,1-2H3,(H,15,16,17). The average Bonchev–Trinajstić information content (AvgIpc) is 2.37. The first kappa shape index (κ1) is 13.1. The van der Waals surface area contributed by atoms with Crippen LogP contribution in [-0.2, 0) is 0 Å². The molecule has 0 radical (unpaired) electrons. The summed E-state index contributed by atoms with van der Waals surface area (Å²) in [5.74, 6) is 3.16. The van der Waals surface area contributed by atoms with Gasteiger partial charge >= 0.3 is 0 Å². The Balaban J connectivity index is 1.83. The summed E-state index contributed by atoms with van der Waals surface area (Å²) in [6, 6.07) is 1.87. The molecule has 2 unspecified atom stereocenters. The van der Waals surface area contributed by atoms with Crippen molar-refractivity contribution in [1.29, 1.82) is 0 Å². The molecule has 1 fully saturated rings. The summed E-state index contributed by atoms with van der Waals surface area (Å²) in [6.07, 6.45) is 6.97. The molecule has 1 aliphatic rings. The van der Waals surface area contributed by atoms with Gasteiger partial charge in [-0.25, -0.2) is 9.97 Å². The molecule has 4 heteroatoms. The molecule has 100 valence electrons. The van der Waals surface area contributed by atoms with Crippen LogP contribution < -0.4 is 10.1 Å². The Morgan fingerprint density at radius 3 is 3.06 bits per heavy atom. The molecule has 0 spiro atoms. The largest absolute Gasteiger partial charge is 0.478 e. The minimum atomic E-state index is 0.636. The van der Waals surface area contributed by atoms with E-state index in [9.17, 15) is 0 Å². The molecule has 1 saturated carbocycles. The van der Waals surface area contributed by atoms with Gasteiger partial charge in [0.15, 0.2) is 0 Å². The fourth-order valence-electron chi connectivity index (χ4n) is 2.66. The average molecular weight is 249 g/mol. The van der Waals surface area contributed by atoms with Crippen LogP contribution in [0, 0.1) is 11.8 Å². The Bertz CT molecular complexity index is 370. The minimum Gasteiger partial charge on any atom is -0.478 e. The molecule has 0 amide bonds. The van der Waals surface area contributed by atoms with Crippen molar-refractivity contribution in [3.05, 3.63) is 12.4 Å². The molecule has 1 heterocycles. The predicted octanol–water partition coefficient (Wildman–Crippen LogP) is 3.11. The van der Waals surface area contributed by atoms with E-state index in [1.165, 1.54) is 25.7 Å². The zero-order valence-electron chi connectivity index (χ0n) is 11.4. The van der Waals surface area contributed by atoms with Crippen molar-refractivity contribution in [1.82, 2.24) is 9.97 Å². The normalized spacial score (nSPS) is 23.7. The highest BCUT2D eigenvalue weighted by Gasteiger charge is 2.18. The van der Waals surface area contributed by atoms with E-state index >= 15 is 0 Å². The first-order valence-corrected chi connectivity index (χ1v) is 6.96. The lowest BCUT2D eigenvalue weighted by Gasteiger charge is -2.26. The highest BCUT2D eigenvalue weighted by Crippen LogP contribution is 2.28. The molecule has 0 bridgehead atoms. The van der Waals surface area contributed by atoms with Crippen LogP contribution in [0.2, 0.25) is 0 Å². The predicted molar refractivity (Wildman–Crippen MR) is 72.8 cm³/mol. The van der Waals surface area contributed by atoms with Crippen molar-refractivity contribution in [2.45, 2.75) is 39.5 Å². The molecule has 1 aromatic rings. The van der Waals surface area contributed by atoms with E-state index in [0.29, 0.717) is 12.5 Å². The highest BCUT2D eigenvalue weighted by atomic mass is 16.5. The minimum absolute atomic E-state index is 0.636. The number of aromatic nitrogens is 2. The van der Waals surface area contributed by atoms with Gasteiger partial charge in [-0.15, -0.1) is 0 Å². The fourth-order valence-corrected chi connectivity index (χ4v) is 2.66. The van der Waals surface area contributed by atoms with E-state index in [1.807, 2.05) is 13.0 Å². The zero-order valence-corrected chi connectivity index (χ0v) is 11.4. The second kappa shape index (κ2) is 6.57. The molecule has 0 aromatic carbocycles. The number of anilines is 1. The molecule has 1 aliphatic carbocycles. The van der Waals surface area contributed by atoms with Gasteiger partial charge < -0.3 is 10.1 Å². The Kier molecular flexibility index (Phi) is 4.79. The van der Waals surface area contributed by atoms with E-state index in [-0.39, 0.29) is 0 Å². The quantitative estimate of drug-likeness (QED) is 0.871. The van der Waals surface area contributed by atoms with Gasteiger partial charge in [-0.2, -0.15) is 0 Å². The maximum atomic E-state index is 5.36. The second-order valence-corrected chi connectivity index (χ2v) is 5.19. The fraction of sp³-hybridized carbons (Fsp3) is 0.714. The molecule has 0 aliphatic heterocycles. The van der Waals surface area contributed by atoms with E-state index < -0.39 is 0 Å². The van der Waals surface area contributed by atoms with E-state index in [4.69, 9.17) is 4.74 Å². The molecule has 1 N–H and O–H groups in total. The Morgan fingerprint density at radius 1 is 1.39 bits per heavy atom. The third-order valence-electron chi connectivity index (χ3n) is 3.55. The third kappa shape index (κ3) is 3.86. The van der Waals surface area contributed by atoms with Crippen molar-refractivity contribution in [2.24, 2.45) is 11.8 Å². The van der Waals surface area contributed by atoms with Gasteiger partial charge in [0, 0.05) is 12.6 Å². The SMILES string of the molecule is CCOc1cc(NCC2CCCC(C)C2)ncn1. The monoisotopic (exact) mass is 249 g/mol. The van der Waals surface area contributed by atoms with Crippen molar-refractivity contribution in [2.75, 3.05) is 18.5 Å². The number of nitrogens with one attached hydrogen (secondary N) is 1. The summed E-state index contributed by atoms with van der Waals surface area (Å²) in [7, 11) is 0. The maximum absolute atomic E-state index is 5.36. The maximum Gasteiger partial charge on any atom is 0.218 e. The smallest absolute Gasteiger partial charge is 0.218 e. The number of rotatable bonds is 5. The van der Waals surface area contributed by atoms with Crippen LogP contribution in [0.3, 0.4) is 0 Å². The Morgan fingerprint density at radius 2 is 2.28 bits per heavy atom. The van der Waals surface area contributed by atoms with Gasteiger partial charge in [-0.05, 0) is 31.6 Å². The first-order chi connectivity index (χ1) is 8.78. The summed E-state index contributed by atoms with van der Waals surface area (Å²) in [6.45, 7) is 5.95. The van der Waals surface area contributed by atoms with E-state index in [0.717, 1.165) is 24.2 Å². The molecular weight excluding hydrogens is 226 g/mol. The number of hydrogen-bond acceptors (Lipinski definition) is 4. The van der Waals surface area contributed by atoms with Crippen LogP contribution >= 0.6 is 0 Å². The number of nitrogens with zero attached hydrogens (tertiary/aromatic N) is 2. The van der Waals surface area contributed by atoms with Crippen molar-refractivity contribution in [3.8, 4) is 5.88 Å². The van der Waals surface area contributed by atoms with Gasteiger partial charge in [-0.3, -0.25) is 0 Å². The molecule has 0 saturated heterocycles. The van der Waals surface area contributed by atoms with Crippen LogP contribution in [0.25, 0.3) is 0 Å². The van der Waals surface area contributed by atoms with Gasteiger partial charge in [0.05, 0.1) is 6.61 Å². The van der Waals surface area contributed by atoms with Gasteiger partial charge in [0.1, 0.15) is 12.1 Å². The summed E-state index contributed by atoms with van der Waals surface area (Å²) >= 11 is 0. The van der Waals surface area contributed by atoms with Crippen LogP contribution in [-0.4, -0.2) is 23.1 Å². The second-order valence-electron chi connectivity index (χ2n) is 5.19. The number of ether oxygens (including phenoxy) is 1. The third-order valence-corrected chi connectivity index (χ3v) is 3.55. The van der Waals surface area contributed by atoms with Crippen molar-refractivity contribution < 1.29 is 4.74 Å². The molecule has 1 aromatic heterocycles. The topological polar surface area (TPSA) is 47.0 Å². The van der Waals surface area contributed by atoms with Crippen molar-refractivity contribution in [3.63, 3.8) is 0 Å². The summed E-state index contributed by atoms with van der Waals surface area (Å²) in [5.41, 5.74) is 0. The summed E-state index contributed by atoms with van der Waals surface area (Å²) in [4.78, 5) is 8.29. The molecule has 4 nitrogen and oxygen atoms in total. The lowest BCUT2D eigenvalue weighted by Crippen LogP contribution is -2.21. The molecular formula is C14H23N3O. The van der Waals surface area contributed by atoms with Crippen molar-refractivity contribution >= 4 is 5.82 Å².